The van der Waals surface area contributed by atoms with E-state index in [1.165, 1.54) is 23.9 Å². The van der Waals surface area contributed by atoms with Crippen molar-refractivity contribution in [3.05, 3.63) is 71.3 Å². The van der Waals surface area contributed by atoms with Crippen LogP contribution in [-0.4, -0.2) is 37.2 Å². The molecule has 0 bridgehead atoms. The molecule has 6 nitrogen and oxygen atoms in total. The van der Waals surface area contributed by atoms with Crippen LogP contribution in [0.1, 0.15) is 39.0 Å². The number of ketones is 1. The van der Waals surface area contributed by atoms with Crippen molar-refractivity contribution < 1.29 is 23.1 Å². The lowest BCUT2D eigenvalue weighted by molar-refractivity contribution is -0.141. The van der Waals surface area contributed by atoms with E-state index < -0.39 is 17.7 Å². The van der Waals surface area contributed by atoms with E-state index in [4.69, 9.17) is 0 Å². The molecule has 0 aliphatic carbocycles. The molecule has 1 aromatic carbocycles. The highest BCUT2D eigenvalue weighted by molar-refractivity contribution is 7.99. The number of pyridine rings is 1. The van der Waals surface area contributed by atoms with Gasteiger partial charge in [-0.25, -0.2) is 4.98 Å². The fraction of sp³-hybridized carbons (Fsp3) is 0.300. The summed E-state index contributed by atoms with van der Waals surface area (Å²) < 4.78 is 40.3. The van der Waals surface area contributed by atoms with E-state index in [0.717, 1.165) is 11.6 Å². The topological polar surface area (TPSA) is 80.9 Å². The van der Waals surface area contributed by atoms with Crippen LogP contribution in [0.2, 0.25) is 0 Å². The molecule has 158 valence electrons. The Balaban J connectivity index is 1.79. The quantitative estimate of drug-likeness (QED) is 0.427. The lowest BCUT2D eigenvalue weighted by Crippen LogP contribution is -2.13. The summed E-state index contributed by atoms with van der Waals surface area (Å²) in [5.41, 5.74) is 0.207. The molecule has 3 rings (SSSR count). The van der Waals surface area contributed by atoms with Crippen molar-refractivity contribution >= 4 is 17.5 Å². The number of halogens is 3. The minimum absolute atomic E-state index is 0.0349. The molecule has 0 saturated carbocycles. The number of rotatable bonds is 8. The molecule has 2 aromatic heterocycles. The third kappa shape index (κ3) is 5.45. The number of alkyl halides is 3. The van der Waals surface area contributed by atoms with Gasteiger partial charge in [-0.15, -0.1) is 10.2 Å². The maximum absolute atomic E-state index is 12.8. The molecule has 3 aromatic rings. The van der Waals surface area contributed by atoms with Crippen molar-refractivity contribution in [1.29, 1.82) is 0 Å². The van der Waals surface area contributed by atoms with Crippen molar-refractivity contribution in [2.24, 2.45) is 7.05 Å². The molecular formula is C20H19F3N4O2S. The number of carbonyl (C=O) groups is 1. The second kappa shape index (κ2) is 9.40. The standard InChI is InChI=1S/C20H19F3N4O2S/c1-27-12-24-26-19(27)30-17(8-9-28)14-5-2-4-13(10-14)11-16(29)15-6-3-7-18(25-15)20(21,22)23/h2-7,10,12,17,28H,8-9,11H2,1H3. The number of aliphatic hydroxyl groups excluding tert-OH is 1. The first-order valence-electron chi connectivity index (χ1n) is 9.05. The fourth-order valence-electron chi connectivity index (χ4n) is 2.84. The number of aliphatic hydroxyl groups is 1. The number of aromatic nitrogens is 4. The van der Waals surface area contributed by atoms with E-state index >= 15 is 0 Å². The predicted molar refractivity (Wildman–Crippen MR) is 105 cm³/mol. The zero-order valence-corrected chi connectivity index (χ0v) is 16.8. The molecule has 30 heavy (non-hydrogen) atoms. The van der Waals surface area contributed by atoms with Crippen LogP contribution >= 0.6 is 11.8 Å². The Labute approximate surface area is 175 Å². The molecular weight excluding hydrogens is 417 g/mol. The van der Waals surface area contributed by atoms with Gasteiger partial charge >= 0.3 is 6.18 Å². The van der Waals surface area contributed by atoms with Crippen LogP contribution < -0.4 is 0 Å². The van der Waals surface area contributed by atoms with Gasteiger partial charge in [0.1, 0.15) is 17.7 Å². The molecule has 1 atom stereocenters. The Morgan fingerprint density at radius 3 is 2.67 bits per heavy atom. The molecule has 0 saturated heterocycles. The Morgan fingerprint density at radius 1 is 1.23 bits per heavy atom. The highest BCUT2D eigenvalue weighted by Gasteiger charge is 2.32. The lowest BCUT2D eigenvalue weighted by atomic mass is 10.0. The maximum Gasteiger partial charge on any atom is 0.433 e. The van der Waals surface area contributed by atoms with Crippen LogP contribution in [-0.2, 0) is 19.6 Å². The highest BCUT2D eigenvalue weighted by atomic mass is 32.2. The first-order chi connectivity index (χ1) is 14.3. The van der Waals surface area contributed by atoms with Gasteiger partial charge in [0.15, 0.2) is 10.9 Å². The number of thioether (sulfide) groups is 1. The van der Waals surface area contributed by atoms with Gasteiger partial charge in [-0.3, -0.25) is 4.79 Å². The van der Waals surface area contributed by atoms with Gasteiger partial charge in [-0.05, 0) is 29.7 Å². The van der Waals surface area contributed by atoms with E-state index in [1.54, 1.807) is 23.0 Å². The maximum atomic E-state index is 12.8. The summed E-state index contributed by atoms with van der Waals surface area (Å²) in [5.74, 6) is -0.502. The van der Waals surface area contributed by atoms with E-state index in [2.05, 4.69) is 15.2 Å². The Bertz CT molecular complexity index is 1020. The van der Waals surface area contributed by atoms with E-state index in [-0.39, 0.29) is 24.0 Å². The number of benzene rings is 1. The number of carbonyl (C=O) groups excluding carboxylic acids is 1. The third-order valence-electron chi connectivity index (χ3n) is 4.32. The molecule has 0 aliphatic rings. The summed E-state index contributed by atoms with van der Waals surface area (Å²) in [4.78, 5) is 16.0. The number of hydrogen-bond donors (Lipinski definition) is 1. The van der Waals surface area contributed by atoms with Gasteiger partial charge in [-0.1, -0.05) is 42.1 Å². The van der Waals surface area contributed by atoms with Crippen molar-refractivity contribution in [3.8, 4) is 0 Å². The smallest absolute Gasteiger partial charge is 0.396 e. The SMILES string of the molecule is Cn1cnnc1SC(CCO)c1cccc(CC(=O)c2cccc(C(F)(F)F)n2)c1. The van der Waals surface area contributed by atoms with Gasteiger partial charge < -0.3 is 9.67 Å². The largest absolute Gasteiger partial charge is 0.433 e. The zero-order chi connectivity index (χ0) is 21.7. The van der Waals surface area contributed by atoms with Gasteiger partial charge in [0.2, 0.25) is 0 Å². The zero-order valence-electron chi connectivity index (χ0n) is 16.0. The summed E-state index contributed by atoms with van der Waals surface area (Å²) >= 11 is 1.44. The number of Topliss-reactive ketones (excluding diaryl/α,β-unsaturated/α-hetero) is 1. The summed E-state index contributed by atoms with van der Waals surface area (Å²) in [6, 6.07) is 10.5. The number of aryl methyl sites for hydroxylation is 1. The molecule has 10 heteroatoms. The first-order valence-corrected chi connectivity index (χ1v) is 9.93. The minimum Gasteiger partial charge on any atom is -0.396 e. The van der Waals surface area contributed by atoms with Gasteiger partial charge in [0.05, 0.1) is 0 Å². The summed E-state index contributed by atoms with van der Waals surface area (Å²) in [6.45, 7) is -0.0349. The Hall–Kier alpha value is -2.72. The average molecular weight is 436 g/mol. The van der Waals surface area contributed by atoms with Crippen molar-refractivity contribution in [3.63, 3.8) is 0 Å². The predicted octanol–water partition coefficient (Wildman–Crippen LogP) is 3.87. The molecule has 0 fully saturated rings. The molecule has 0 radical (unpaired) electrons. The number of hydrogen-bond acceptors (Lipinski definition) is 6. The molecule has 2 heterocycles. The van der Waals surface area contributed by atoms with Crippen LogP contribution in [0.3, 0.4) is 0 Å². The van der Waals surface area contributed by atoms with E-state index in [9.17, 15) is 23.1 Å². The van der Waals surface area contributed by atoms with Gasteiger partial charge in [0, 0.05) is 25.3 Å². The van der Waals surface area contributed by atoms with E-state index in [0.29, 0.717) is 17.1 Å². The molecule has 0 spiro atoms. The van der Waals surface area contributed by atoms with Crippen LogP contribution in [0, 0.1) is 0 Å². The molecule has 0 amide bonds. The number of nitrogens with zero attached hydrogens (tertiary/aromatic N) is 4. The van der Waals surface area contributed by atoms with Crippen molar-refractivity contribution in [2.45, 2.75) is 29.4 Å². The van der Waals surface area contributed by atoms with Crippen LogP contribution in [0.4, 0.5) is 13.2 Å². The van der Waals surface area contributed by atoms with Crippen LogP contribution in [0.5, 0.6) is 0 Å². The average Bonchev–Trinajstić information content (AvgIpc) is 3.12. The summed E-state index contributed by atoms with van der Waals surface area (Å²) in [6.07, 6.45) is -2.65. The second-order valence-corrected chi connectivity index (χ2v) is 7.76. The Morgan fingerprint density at radius 2 is 2.00 bits per heavy atom. The van der Waals surface area contributed by atoms with Gasteiger partial charge in [0.25, 0.3) is 0 Å². The van der Waals surface area contributed by atoms with Crippen LogP contribution in [0.25, 0.3) is 0 Å². The van der Waals surface area contributed by atoms with Crippen molar-refractivity contribution in [1.82, 2.24) is 19.7 Å². The second-order valence-electron chi connectivity index (χ2n) is 6.59. The molecule has 0 aliphatic heterocycles. The lowest BCUT2D eigenvalue weighted by Gasteiger charge is -2.16. The normalized spacial score (nSPS) is 12.7. The monoisotopic (exact) mass is 436 g/mol. The minimum atomic E-state index is -4.61. The third-order valence-corrected chi connectivity index (χ3v) is 5.69. The molecule has 1 N–H and O–H groups in total. The fourth-order valence-corrected chi connectivity index (χ4v) is 3.91. The summed E-state index contributed by atoms with van der Waals surface area (Å²) in [5, 5.41) is 17.9. The highest BCUT2D eigenvalue weighted by Crippen LogP contribution is 2.36. The van der Waals surface area contributed by atoms with Crippen molar-refractivity contribution in [2.75, 3.05) is 6.61 Å². The van der Waals surface area contributed by atoms with E-state index in [1.807, 2.05) is 19.2 Å². The van der Waals surface area contributed by atoms with Gasteiger partial charge in [-0.2, -0.15) is 13.2 Å². The Kier molecular flexibility index (Phi) is 6.88. The first kappa shape index (κ1) is 22.0. The van der Waals surface area contributed by atoms with Crippen LogP contribution in [0.15, 0.2) is 53.9 Å². The summed E-state index contributed by atoms with van der Waals surface area (Å²) in [7, 11) is 1.81. The molecule has 1 unspecified atom stereocenters.